The van der Waals surface area contributed by atoms with Gasteiger partial charge >= 0.3 is 11.9 Å². The number of carbonyl (C=O) groups is 4. The average molecular weight is 579 g/mol. The minimum Gasteiger partial charge on any atom is -0.463 e. The smallest absolute Gasteiger partial charge is 0.332 e. The van der Waals surface area contributed by atoms with Crippen molar-refractivity contribution in [3.8, 4) is 0 Å². The summed E-state index contributed by atoms with van der Waals surface area (Å²) in [5.74, 6) is -3.62. The molecule has 0 aliphatic carbocycles. The van der Waals surface area contributed by atoms with Crippen molar-refractivity contribution in [1.82, 2.24) is 10.6 Å². The van der Waals surface area contributed by atoms with Gasteiger partial charge in [-0.2, -0.15) is 0 Å². The summed E-state index contributed by atoms with van der Waals surface area (Å²) in [6, 6.07) is 16.8. The largest absolute Gasteiger partial charge is 0.463 e. The van der Waals surface area contributed by atoms with E-state index in [1.54, 1.807) is 25.1 Å². The van der Waals surface area contributed by atoms with Crippen LogP contribution >= 0.6 is 0 Å². The fraction of sp³-hybridized carbons (Fsp3) is 0.394. The van der Waals surface area contributed by atoms with E-state index in [-0.39, 0.29) is 26.1 Å². The Balaban J connectivity index is 2.15. The molecule has 4 atom stereocenters. The van der Waals surface area contributed by atoms with E-state index in [1.807, 2.05) is 48.5 Å². The zero-order chi connectivity index (χ0) is 30.7. The molecule has 0 aliphatic rings. The maximum atomic E-state index is 13.2. The van der Waals surface area contributed by atoms with Gasteiger partial charge in [-0.3, -0.25) is 14.4 Å². The third-order valence-corrected chi connectivity index (χ3v) is 6.53. The molecule has 226 valence electrons. The number of benzene rings is 2. The highest BCUT2D eigenvalue weighted by molar-refractivity contribution is 5.89. The summed E-state index contributed by atoms with van der Waals surface area (Å²) in [6.07, 6.45) is 4.77. The number of amides is 2. The molecule has 0 spiro atoms. The molecule has 2 aromatic rings. The van der Waals surface area contributed by atoms with E-state index in [0.29, 0.717) is 19.3 Å². The molecule has 0 heterocycles. The monoisotopic (exact) mass is 578 g/mol. The second-order valence-electron chi connectivity index (χ2n) is 10.1. The van der Waals surface area contributed by atoms with Gasteiger partial charge in [-0.05, 0) is 43.7 Å². The Labute approximate surface area is 248 Å². The van der Waals surface area contributed by atoms with Crippen molar-refractivity contribution in [3.05, 3.63) is 97.1 Å². The Morgan fingerprint density at radius 2 is 1.50 bits per heavy atom. The van der Waals surface area contributed by atoms with Gasteiger partial charge in [-0.1, -0.05) is 72.8 Å². The lowest BCUT2D eigenvalue weighted by Gasteiger charge is -2.23. The highest BCUT2D eigenvalue weighted by Gasteiger charge is 2.30. The fourth-order valence-corrected chi connectivity index (χ4v) is 4.18. The third-order valence-electron chi connectivity index (χ3n) is 6.53. The second-order valence-corrected chi connectivity index (χ2v) is 10.1. The zero-order valence-corrected chi connectivity index (χ0v) is 24.2. The number of ether oxygens (including phenoxy) is 2. The molecule has 0 saturated carbocycles. The lowest BCUT2D eigenvalue weighted by Crippen LogP contribution is -2.48. The molecule has 9 nitrogen and oxygen atoms in total. The molecule has 2 amide bonds. The highest BCUT2D eigenvalue weighted by atomic mass is 16.6. The quantitative estimate of drug-likeness (QED) is 0.171. The number of aliphatic hydroxyl groups is 1. The fourth-order valence-electron chi connectivity index (χ4n) is 4.18. The molecule has 0 fully saturated rings. The molecule has 9 heteroatoms. The van der Waals surface area contributed by atoms with Crippen LogP contribution in [0.1, 0.15) is 43.7 Å². The van der Waals surface area contributed by atoms with Crippen LogP contribution < -0.4 is 10.6 Å². The predicted octanol–water partition coefficient (Wildman–Crippen LogP) is 3.66. The maximum absolute atomic E-state index is 13.2. The first-order chi connectivity index (χ1) is 20.3. The maximum Gasteiger partial charge on any atom is 0.332 e. The van der Waals surface area contributed by atoms with Gasteiger partial charge in [-0.25, -0.2) is 4.79 Å². The molecule has 0 aromatic heterocycles. The topological polar surface area (TPSA) is 131 Å². The van der Waals surface area contributed by atoms with Gasteiger partial charge in [0.15, 0.2) is 6.04 Å². The lowest BCUT2D eigenvalue weighted by atomic mass is 9.95. The van der Waals surface area contributed by atoms with E-state index in [4.69, 9.17) is 9.47 Å². The number of esters is 2. The number of rotatable bonds is 19. The number of hydrogen-bond donors (Lipinski definition) is 3. The Hall–Kier alpha value is -4.24. The van der Waals surface area contributed by atoms with Crippen molar-refractivity contribution in [1.29, 1.82) is 0 Å². The Kier molecular flexibility index (Phi) is 15.4. The van der Waals surface area contributed by atoms with Gasteiger partial charge in [0.05, 0.1) is 18.4 Å². The molecule has 2 rings (SSSR count). The third kappa shape index (κ3) is 12.5. The van der Waals surface area contributed by atoms with E-state index in [9.17, 15) is 24.3 Å². The Bertz CT molecular complexity index is 1150. The van der Waals surface area contributed by atoms with Gasteiger partial charge < -0.3 is 25.2 Å². The molecular formula is C33H42N2O7. The Morgan fingerprint density at radius 3 is 2.10 bits per heavy atom. The zero-order valence-electron chi connectivity index (χ0n) is 24.2. The molecular weight excluding hydrogens is 536 g/mol. The van der Waals surface area contributed by atoms with Crippen LogP contribution in [0.4, 0.5) is 0 Å². The lowest BCUT2D eigenvalue weighted by molar-refractivity contribution is -0.157. The number of carbonyl (C=O) groups excluding carboxylic acids is 4. The highest BCUT2D eigenvalue weighted by Crippen LogP contribution is 2.17. The van der Waals surface area contributed by atoms with Crippen LogP contribution in [-0.4, -0.2) is 54.2 Å². The second kappa shape index (κ2) is 19.0. The van der Waals surface area contributed by atoms with Gasteiger partial charge in [0, 0.05) is 12.5 Å². The number of nitrogens with one attached hydrogen (secondary N) is 2. The summed E-state index contributed by atoms with van der Waals surface area (Å²) in [4.78, 5) is 51.9. The Morgan fingerprint density at radius 1 is 0.857 bits per heavy atom. The van der Waals surface area contributed by atoms with E-state index < -0.39 is 54.3 Å². The van der Waals surface area contributed by atoms with E-state index >= 15 is 0 Å². The predicted molar refractivity (Wildman–Crippen MR) is 160 cm³/mol. The molecule has 0 radical (unpaired) electrons. The first-order valence-electron chi connectivity index (χ1n) is 14.1. The number of hydrogen-bond acceptors (Lipinski definition) is 7. The van der Waals surface area contributed by atoms with E-state index in [0.717, 1.165) is 11.1 Å². The van der Waals surface area contributed by atoms with Crippen LogP contribution in [0.25, 0.3) is 0 Å². The van der Waals surface area contributed by atoms with Crippen molar-refractivity contribution in [2.24, 2.45) is 11.8 Å². The van der Waals surface area contributed by atoms with Crippen molar-refractivity contribution in [3.63, 3.8) is 0 Å². The van der Waals surface area contributed by atoms with Crippen molar-refractivity contribution < 1.29 is 33.8 Å². The SMILES string of the molecule is C=CCC[C@H](Cc1ccccc1)C(=O)OC[C@@H](NC(=O)[C@@H](CC=C)CC(=O)N[C@@H](C)CO)C(=O)OCc1ccccc1. The summed E-state index contributed by atoms with van der Waals surface area (Å²) in [5.41, 5.74) is 1.72. The summed E-state index contributed by atoms with van der Waals surface area (Å²) in [6.45, 7) is 8.31. The number of aliphatic hydroxyl groups excluding tert-OH is 1. The normalized spacial score (nSPS) is 13.5. The van der Waals surface area contributed by atoms with Gasteiger partial charge in [0.25, 0.3) is 0 Å². The van der Waals surface area contributed by atoms with Crippen LogP contribution in [-0.2, 0) is 41.7 Å². The van der Waals surface area contributed by atoms with Crippen LogP contribution in [0, 0.1) is 11.8 Å². The standard InChI is InChI=1S/C33H42N2O7/c1-4-6-18-28(19-25-14-9-7-10-15-25)32(39)42-23-29(33(40)41-22-26-16-11-8-12-17-26)35-31(38)27(13-5-2)20-30(37)34-24(3)21-36/h4-5,7-12,14-17,24,27-29,36H,1-2,6,13,18-23H2,3H3,(H,34,37)(H,35,38)/t24-,27-,28+,29+/m0/s1. The van der Waals surface area contributed by atoms with Crippen LogP contribution in [0.5, 0.6) is 0 Å². The minimum absolute atomic E-state index is 0.0342. The van der Waals surface area contributed by atoms with Crippen molar-refractivity contribution >= 4 is 23.8 Å². The van der Waals surface area contributed by atoms with E-state index in [2.05, 4.69) is 23.8 Å². The summed E-state index contributed by atoms with van der Waals surface area (Å²) in [7, 11) is 0. The average Bonchev–Trinajstić information content (AvgIpc) is 3.00. The van der Waals surface area contributed by atoms with Crippen molar-refractivity contribution in [2.75, 3.05) is 13.2 Å². The molecule has 42 heavy (non-hydrogen) atoms. The first-order valence-corrected chi connectivity index (χ1v) is 14.1. The number of allylic oxidation sites excluding steroid dienone is 2. The van der Waals surface area contributed by atoms with E-state index in [1.165, 1.54) is 6.08 Å². The van der Waals surface area contributed by atoms with Gasteiger partial charge in [-0.15, -0.1) is 13.2 Å². The van der Waals surface area contributed by atoms with Gasteiger partial charge in [0.1, 0.15) is 13.2 Å². The molecule has 0 saturated heterocycles. The molecule has 0 bridgehead atoms. The summed E-state index contributed by atoms with van der Waals surface area (Å²) < 4.78 is 11.0. The first kappa shape index (κ1) is 34.0. The molecule has 0 unspecified atom stereocenters. The molecule has 2 aromatic carbocycles. The van der Waals surface area contributed by atoms with Crippen molar-refractivity contribution in [2.45, 2.75) is 57.7 Å². The summed E-state index contributed by atoms with van der Waals surface area (Å²) >= 11 is 0. The minimum atomic E-state index is -1.30. The van der Waals surface area contributed by atoms with Crippen LogP contribution in [0.15, 0.2) is 86.0 Å². The molecule has 0 aliphatic heterocycles. The van der Waals surface area contributed by atoms with Crippen LogP contribution in [0.3, 0.4) is 0 Å². The van der Waals surface area contributed by atoms with Gasteiger partial charge in [0.2, 0.25) is 11.8 Å². The van der Waals surface area contributed by atoms with Crippen LogP contribution in [0.2, 0.25) is 0 Å². The molecule has 3 N–H and O–H groups in total. The summed E-state index contributed by atoms with van der Waals surface area (Å²) in [5, 5.41) is 14.4.